The number of benzene rings is 4. The second-order valence-electron chi connectivity index (χ2n) is 12.1. The summed E-state index contributed by atoms with van der Waals surface area (Å²) in [6.45, 7) is 0. The molecule has 0 bridgehead atoms. The van der Waals surface area contributed by atoms with E-state index in [1.807, 2.05) is 0 Å². The third kappa shape index (κ3) is 13.4. The van der Waals surface area contributed by atoms with Crippen molar-refractivity contribution in [3.05, 3.63) is 115 Å². The number of phenolic OH excluding ortho intramolecular Hbond substituents is 1. The number of rotatable bonds is 10. The number of carbonyl (C=O) groups excluding carboxylic acids is 3. The molecular formula is C34H23ClCu2N6Na3O15S3+3. The number of fused-ring (bicyclic) bond motifs is 2. The predicted molar refractivity (Wildman–Crippen MR) is 212 cm³/mol. The average Bonchev–Trinajstić information content (AvgIpc) is 3.14. The molecule has 0 fully saturated rings. The van der Waals surface area contributed by atoms with E-state index >= 15 is 0 Å². The maximum Gasteiger partial charge on any atom is 1.00 e. The maximum absolute atomic E-state index is 13.4. The molecule has 0 aromatic heterocycles. The van der Waals surface area contributed by atoms with Crippen LogP contribution in [-0.2, 0) is 64.5 Å². The number of phenols is 1. The van der Waals surface area contributed by atoms with Gasteiger partial charge >= 0.3 is 101 Å². The van der Waals surface area contributed by atoms with Crippen LogP contribution in [0.1, 0.15) is 42.2 Å². The van der Waals surface area contributed by atoms with Crippen molar-refractivity contribution in [1.29, 1.82) is 0 Å². The van der Waals surface area contributed by atoms with E-state index < -0.39 is 96.5 Å². The maximum atomic E-state index is 13.4. The molecule has 0 atom stereocenters. The van der Waals surface area contributed by atoms with E-state index in [2.05, 4.69) is 31.7 Å². The molecule has 0 unspecified atom stereocenters. The molecular weight excluding hydrogens is 1060 g/mol. The van der Waals surface area contributed by atoms with Crippen LogP contribution in [0.2, 0.25) is 5.02 Å². The first-order chi connectivity index (χ1) is 27.5. The normalized spacial score (nSPS) is 14.2. The van der Waals surface area contributed by atoms with Crippen molar-refractivity contribution >= 4 is 112 Å². The van der Waals surface area contributed by atoms with E-state index in [0.717, 1.165) is 24.3 Å². The number of aromatic carboxylic acids is 1. The molecule has 326 valence electrons. The molecule has 0 aliphatic heterocycles. The molecule has 2 amide bonds. The Balaban J connectivity index is 0.00000410. The molecule has 2 aliphatic rings. The van der Waals surface area contributed by atoms with Crippen molar-refractivity contribution < 1.29 is 191 Å². The van der Waals surface area contributed by atoms with Crippen molar-refractivity contribution in [2.24, 2.45) is 10.2 Å². The molecule has 64 heavy (non-hydrogen) atoms. The Bertz CT molecular complexity index is 3070. The number of hydrogen-bond acceptors (Lipinski definition) is 15. The van der Waals surface area contributed by atoms with E-state index in [4.69, 9.17) is 11.6 Å². The Morgan fingerprint density at radius 2 is 1.05 bits per heavy atom. The number of nitrogens with one attached hydrogen (secondary N) is 4. The number of hydrazone groups is 2. The second-order valence-corrected chi connectivity index (χ2v) is 16.7. The third-order valence-electron chi connectivity index (χ3n) is 8.20. The average molecular weight is 1080 g/mol. The number of carboxylic acid groups (broad SMARTS) is 1. The summed E-state index contributed by atoms with van der Waals surface area (Å²) in [4.78, 5) is 48.6. The summed E-state index contributed by atoms with van der Waals surface area (Å²) >= 11 is 5.81. The number of hydrogen-bond donors (Lipinski definition) is 9. The van der Waals surface area contributed by atoms with Crippen LogP contribution in [-0.4, -0.2) is 84.1 Å². The fraction of sp³-hybridized carbons (Fsp3) is 0. The van der Waals surface area contributed by atoms with Crippen LogP contribution in [0, 0.1) is 0 Å². The molecule has 0 heterocycles. The molecule has 6 rings (SSSR count). The first-order valence-corrected chi connectivity index (χ1v) is 20.6. The summed E-state index contributed by atoms with van der Waals surface area (Å²) in [6.07, 6.45) is 1.73. The first kappa shape index (κ1) is 59.3. The minimum absolute atomic E-state index is 0. The number of nitrogens with zero attached hydrogens (tertiary/aromatic N) is 2. The Kier molecular flexibility index (Phi) is 21.6. The number of halogens is 1. The SMILES string of the molecule is O=C(Nc1ccc2c(c1)C=C(S(=O)(=O)O)/C(=N/Nc1ccccc1C(=O)O)C2=O)Nc1ccc2c(c1)C=C(S(=O)(=O)O)/C(=N/Nc1cc(S(=O)(=O)O)cc(Cl)c1O)C2=O.[Cu].[Cu].[Na+].[Na+].[Na+]. The number of urea groups is 1. The van der Waals surface area contributed by atoms with Gasteiger partial charge in [-0.25, -0.2) is 9.59 Å². The van der Waals surface area contributed by atoms with Crippen LogP contribution in [0.3, 0.4) is 0 Å². The number of aromatic hydroxyl groups is 1. The molecule has 30 heteroatoms. The van der Waals surface area contributed by atoms with Gasteiger partial charge in [0.1, 0.15) is 15.5 Å². The molecule has 2 aliphatic carbocycles. The van der Waals surface area contributed by atoms with Gasteiger partial charge in [0.25, 0.3) is 30.4 Å². The summed E-state index contributed by atoms with van der Waals surface area (Å²) in [7, 11) is -15.1. The topological polar surface area (TPSA) is 345 Å². The van der Waals surface area contributed by atoms with E-state index in [0.29, 0.717) is 12.1 Å². The summed E-state index contributed by atoms with van der Waals surface area (Å²) in [5, 5.41) is 31.4. The fourth-order valence-corrected chi connectivity index (χ4v) is 7.67. The van der Waals surface area contributed by atoms with Gasteiger partial charge in [0.05, 0.1) is 21.2 Å². The molecule has 2 radical (unpaired) electrons. The van der Waals surface area contributed by atoms with Crippen molar-refractivity contribution in [1.82, 2.24) is 0 Å². The molecule has 0 spiro atoms. The van der Waals surface area contributed by atoms with Crippen LogP contribution < -0.4 is 110 Å². The number of allylic oxidation sites excluding steroid dienone is 2. The largest absolute Gasteiger partial charge is 1.00 e. The predicted octanol–water partition coefficient (Wildman–Crippen LogP) is -4.57. The number of amides is 2. The molecule has 0 saturated carbocycles. The van der Waals surface area contributed by atoms with E-state index in [1.54, 1.807) is 0 Å². The number of Topliss-reactive ketones (excluding diaryl/α,β-unsaturated/α-hetero) is 2. The monoisotopic (exact) mass is 1080 g/mol. The fourth-order valence-electron chi connectivity index (χ4n) is 5.54. The van der Waals surface area contributed by atoms with Gasteiger partial charge in [-0.2, -0.15) is 35.5 Å². The van der Waals surface area contributed by atoms with Crippen molar-refractivity contribution in [2.75, 3.05) is 21.5 Å². The van der Waals surface area contributed by atoms with Crippen LogP contribution in [0.4, 0.5) is 27.5 Å². The molecule has 0 saturated heterocycles. The quantitative estimate of drug-likeness (QED) is 0.0312. The Labute approximate surface area is 455 Å². The van der Waals surface area contributed by atoms with Crippen molar-refractivity contribution in [2.45, 2.75) is 4.90 Å². The summed E-state index contributed by atoms with van der Waals surface area (Å²) in [5.41, 5.74) is 1.30. The third-order valence-corrected chi connectivity index (χ3v) is 11.1. The van der Waals surface area contributed by atoms with Gasteiger partial charge in [-0.15, -0.1) is 0 Å². The Morgan fingerprint density at radius 1 is 0.609 bits per heavy atom. The van der Waals surface area contributed by atoms with Crippen LogP contribution in [0.25, 0.3) is 12.2 Å². The molecule has 21 nitrogen and oxygen atoms in total. The molecule has 4 aromatic rings. The number of anilines is 4. The minimum Gasteiger partial charge on any atom is -0.504 e. The van der Waals surface area contributed by atoms with Gasteiger partial charge in [-0.05, 0) is 83.9 Å². The zero-order valence-electron chi connectivity index (χ0n) is 32.5. The summed E-state index contributed by atoms with van der Waals surface area (Å²) in [6, 6.07) is 13.1. The molecule has 4 aromatic carbocycles. The number of carboxylic acids is 1. The van der Waals surface area contributed by atoms with Gasteiger partial charge in [-0.3, -0.25) is 34.1 Å². The van der Waals surface area contributed by atoms with Gasteiger partial charge < -0.3 is 20.8 Å². The van der Waals surface area contributed by atoms with E-state index in [9.17, 15) is 68.3 Å². The van der Waals surface area contributed by atoms with Crippen LogP contribution in [0.5, 0.6) is 5.75 Å². The van der Waals surface area contributed by atoms with Crippen molar-refractivity contribution in [3.63, 3.8) is 0 Å². The first-order valence-electron chi connectivity index (χ1n) is 15.9. The zero-order chi connectivity index (χ0) is 43.2. The van der Waals surface area contributed by atoms with Gasteiger partial charge in [0.2, 0.25) is 11.6 Å². The van der Waals surface area contributed by atoms with E-state index in [1.165, 1.54) is 48.5 Å². The number of carbonyl (C=O) groups is 4. The van der Waals surface area contributed by atoms with Crippen LogP contribution in [0.15, 0.2) is 97.7 Å². The smallest absolute Gasteiger partial charge is 0.504 e. The standard InChI is InChI=1S/C34H23ClN6O15S3.2Cu.3Na/c35-23-13-19(57(48,49)50)14-25(32(23)44)39-41-29-27(59(54,55)56)12-16-10-18(6-8-21(16)31(29)43)37-34(47)36-17-5-7-20-15(9-17)11-26(58(51,52)53)28(30(20)42)40-38-24-4-2-1-3-22(24)33(45)46;;;;;/h1-14,38-39,44H,(H,45,46)(H2,36,37,47)(H,48,49,50)(H,51,52,53)(H,54,55,56);;;;;/q;;;3*+1/b40-28-,41-29-;;;;;. The Morgan fingerprint density at radius 3 is 1.47 bits per heavy atom. The Hall–Kier alpha value is -2.76. The number of ketones is 2. The van der Waals surface area contributed by atoms with E-state index in [-0.39, 0.29) is 168 Å². The van der Waals surface area contributed by atoms with Crippen molar-refractivity contribution in [3.8, 4) is 5.75 Å². The van der Waals surface area contributed by atoms with Gasteiger partial charge in [0.15, 0.2) is 17.2 Å². The van der Waals surface area contributed by atoms with Crippen LogP contribution >= 0.6 is 11.6 Å². The van der Waals surface area contributed by atoms with Gasteiger partial charge in [0, 0.05) is 56.6 Å². The summed E-state index contributed by atoms with van der Waals surface area (Å²) < 4.78 is 102. The number of para-hydroxylation sites is 1. The van der Waals surface area contributed by atoms with Gasteiger partial charge in [-0.1, -0.05) is 23.7 Å². The zero-order valence-corrected chi connectivity index (χ0v) is 43.6. The molecule has 9 N–H and O–H groups in total. The minimum atomic E-state index is -5.20. The second kappa shape index (κ2) is 23.3. The summed E-state index contributed by atoms with van der Waals surface area (Å²) in [5.74, 6) is -4.21.